The first-order valence-corrected chi connectivity index (χ1v) is 8.71. The van der Waals surface area contributed by atoms with E-state index in [0.29, 0.717) is 0 Å². The fourth-order valence-electron chi connectivity index (χ4n) is 3.08. The van der Waals surface area contributed by atoms with Crippen LogP contribution in [-0.4, -0.2) is 5.91 Å². The van der Waals surface area contributed by atoms with E-state index >= 15 is 0 Å². The first kappa shape index (κ1) is 17.5. The Labute approximate surface area is 148 Å². The number of halogens is 1. The molecule has 2 aromatic carbocycles. The summed E-state index contributed by atoms with van der Waals surface area (Å²) in [5, 5.41) is 6.49. The van der Waals surface area contributed by atoms with Gasteiger partial charge in [-0.1, -0.05) is 32.9 Å². The molecule has 1 amide bonds. The molecule has 132 valence electrons. The number of aryl methyl sites for hydroxylation is 2. The van der Waals surface area contributed by atoms with Gasteiger partial charge in [0.25, 0.3) is 0 Å². The number of hydrogen-bond donors (Lipinski definition) is 2. The molecule has 0 aromatic heterocycles. The molecule has 0 fully saturated rings. The third kappa shape index (κ3) is 3.84. The summed E-state index contributed by atoms with van der Waals surface area (Å²) in [5.41, 5.74) is 4.62. The smallest absolute Gasteiger partial charge is 0.229 e. The Balaban J connectivity index is 1.81. The van der Waals surface area contributed by atoms with Gasteiger partial charge in [-0.2, -0.15) is 0 Å². The predicted molar refractivity (Wildman–Crippen MR) is 100 cm³/mol. The fraction of sp³-hybridized carbons (Fsp3) is 0.381. The molecular weight excluding hydrogens is 315 g/mol. The van der Waals surface area contributed by atoms with E-state index in [1.54, 1.807) is 6.07 Å². The molecule has 0 saturated carbocycles. The summed E-state index contributed by atoms with van der Waals surface area (Å²) in [4.78, 5) is 12.2. The number of nitrogens with one attached hydrogen (secondary N) is 2. The number of hydrogen-bond acceptors (Lipinski definition) is 2. The molecule has 2 N–H and O–H groups in total. The van der Waals surface area contributed by atoms with Crippen LogP contribution in [-0.2, 0) is 11.2 Å². The molecule has 1 aliphatic rings. The minimum atomic E-state index is -0.444. The molecular formula is C21H25FN2O. The molecule has 0 radical (unpaired) electrons. The molecule has 1 unspecified atom stereocenters. The van der Waals surface area contributed by atoms with Gasteiger partial charge in [0.05, 0.1) is 6.04 Å². The second-order valence-corrected chi connectivity index (χ2v) is 7.81. The number of carbonyl (C=O) groups excluding carboxylic acids is 1. The molecule has 0 bridgehead atoms. The zero-order chi connectivity index (χ0) is 18.2. The average molecular weight is 340 g/mol. The van der Waals surface area contributed by atoms with Gasteiger partial charge in [0.2, 0.25) is 5.91 Å². The lowest BCUT2D eigenvalue weighted by Gasteiger charge is -2.21. The van der Waals surface area contributed by atoms with Crippen LogP contribution in [0.3, 0.4) is 0 Å². The van der Waals surface area contributed by atoms with E-state index in [1.165, 1.54) is 11.6 Å². The monoisotopic (exact) mass is 340 g/mol. The van der Waals surface area contributed by atoms with E-state index in [-0.39, 0.29) is 17.8 Å². The van der Waals surface area contributed by atoms with E-state index in [0.717, 1.165) is 35.3 Å². The molecule has 25 heavy (non-hydrogen) atoms. The van der Waals surface area contributed by atoms with Crippen LogP contribution in [0.5, 0.6) is 0 Å². The van der Waals surface area contributed by atoms with Gasteiger partial charge in [-0.25, -0.2) is 4.39 Å². The summed E-state index contributed by atoms with van der Waals surface area (Å²) in [5.74, 6) is -0.217. The molecule has 4 heteroatoms. The van der Waals surface area contributed by atoms with Crippen molar-refractivity contribution in [2.24, 2.45) is 5.41 Å². The van der Waals surface area contributed by atoms with Crippen molar-refractivity contribution >= 4 is 17.3 Å². The van der Waals surface area contributed by atoms with Crippen LogP contribution in [0.25, 0.3) is 0 Å². The third-order valence-corrected chi connectivity index (χ3v) is 4.69. The SMILES string of the molecule is Cc1ccc(NC(=O)C(C)(C)C)cc1NC1CCc2ccc(F)cc21. The van der Waals surface area contributed by atoms with Crippen molar-refractivity contribution in [1.29, 1.82) is 0 Å². The molecule has 0 saturated heterocycles. The summed E-state index contributed by atoms with van der Waals surface area (Å²) in [6.45, 7) is 7.69. The lowest BCUT2D eigenvalue weighted by molar-refractivity contribution is -0.123. The van der Waals surface area contributed by atoms with Crippen molar-refractivity contribution in [1.82, 2.24) is 0 Å². The Morgan fingerprint density at radius 1 is 1.16 bits per heavy atom. The van der Waals surface area contributed by atoms with Gasteiger partial charge in [0.15, 0.2) is 0 Å². The van der Waals surface area contributed by atoms with Crippen molar-refractivity contribution in [3.63, 3.8) is 0 Å². The van der Waals surface area contributed by atoms with Crippen molar-refractivity contribution in [2.45, 2.75) is 46.6 Å². The Kier molecular flexibility index (Phi) is 4.55. The van der Waals surface area contributed by atoms with Crippen molar-refractivity contribution < 1.29 is 9.18 Å². The van der Waals surface area contributed by atoms with E-state index < -0.39 is 5.41 Å². The van der Waals surface area contributed by atoms with Gasteiger partial charge in [-0.05, 0) is 60.7 Å². The number of rotatable bonds is 3. The summed E-state index contributed by atoms with van der Waals surface area (Å²) in [6.07, 6.45) is 1.89. The topological polar surface area (TPSA) is 41.1 Å². The van der Waals surface area contributed by atoms with Gasteiger partial charge in [-0.3, -0.25) is 4.79 Å². The predicted octanol–water partition coefficient (Wildman–Crippen LogP) is 5.22. The fourth-order valence-corrected chi connectivity index (χ4v) is 3.08. The summed E-state index contributed by atoms with van der Waals surface area (Å²) in [6, 6.07) is 11.0. The van der Waals surface area contributed by atoms with Crippen LogP contribution in [0.15, 0.2) is 36.4 Å². The first-order valence-electron chi connectivity index (χ1n) is 8.71. The normalized spacial score (nSPS) is 16.4. The van der Waals surface area contributed by atoms with Gasteiger partial charge in [0, 0.05) is 16.8 Å². The lowest BCUT2D eigenvalue weighted by Crippen LogP contribution is -2.27. The first-order chi connectivity index (χ1) is 11.7. The molecule has 0 aliphatic heterocycles. The van der Waals surface area contributed by atoms with E-state index in [2.05, 4.69) is 10.6 Å². The Morgan fingerprint density at radius 2 is 1.92 bits per heavy atom. The van der Waals surface area contributed by atoms with Gasteiger partial charge in [-0.15, -0.1) is 0 Å². The van der Waals surface area contributed by atoms with E-state index in [4.69, 9.17) is 0 Å². The second-order valence-electron chi connectivity index (χ2n) is 7.81. The minimum absolute atomic E-state index is 0.0180. The number of anilines is 2. The third-order valence-electron chi connectivity index (χ3n) is 4.69. The zero-order valence-electron chi connectivity index (χ0n) is 15.2. The van der Waals surface area contributed by atoms with E-state index in [9.17, 15) is 9.18 Å². The summed E-state index contributed by atoms with van der Waals surface area (Å²) >= 11 is 0. The van der Waals surface area contributed by atoms with Crippen LogP contribution in [0.2, 0.25) is 0 Å². The molecule has 1 atom stereocenters. The standard InChI is InChI=1S/C21H25FN2O/c1-13-5-9-16(23-20(25)21(2,3)4)12-19(13)24-18-10-7-14-6-8-15(22)11-17(14)18/h5-6,8-9,11-12,18,24H,7,10H2,1-4H3,(H,23,25). The van der Waals surface area contributed by atoms with Crippen LogP contribution in [0.1, 0.15) is 49.9 Å². The highest BCUT2D eigenvalue weighted by Gasteiger charge is 2.24. The Hall–Kier alpha value is -2.36. The molecule has 1 aliphatic carbocycles. The number of carbonyl (C=O) groups is 1. The average Bonchev–Trinajstić information content (AvgIpc) is 2.92. The molecule has 3 rings (SSSR count). The second kappa shape index (κ2) is 6.51. The van der Waals surface area contributed by atoms with Gasteiger partial charge in [0.1, 0.15) is 5.82 Å². The zero-order valence-corrected chi connectivity index (χ0v) is 15.2. The molecule has 0 heterocycles. The largest absolute Gasteiger partial charge is 0.378 e. The van der Waals surface area contributed by atoms with Crippen molar-refractivity contribution in [3.05, 3.63) is 58.9 Å². The van der Waals surface area contributed by atoms with Crippen LogP contribution in [0.4, 0.5) is 15.8 Å². The van der Waals surface area contributed by atoms with Crippen molar-refractivity contribution in [2.75, 3.05) is 10.6 Å². The maximum absolute atomic E-state index is 13.6. The van der Waals surface area contributed by atoms with Gasteiger partial charge >= 0.3 is 0 Å². The maximum atomic E-state index is 13.6. The quantitative estimate of drug-likeness (QED) is 0.804. The lowest BCUT2D eigenvalue weighted by atomic mass is 9.95. The highest BCUT2D eigenvalue weighted by Crippen LogP contribution is 2.35. The molecule has 0 spiro atoms. The minimum Gasteiger partial charge on any atom is -0.378 e. The Morgan fingerprint density at radius 3 is 2.64 bits per heavy atom. The molecule has 3 nitrogen and oxygen atoms in total. The highest BCUT2D eigenvalue weighted by molar-refractivity contribution is 5.95. The van der Waals surface area contributed by atoms with Gasteiger partial charge < -0.3 is 10.6 Å². The van der Waals surface area contributed by atoms with Crippen LogP contribution in [0, 0.1) is 18.2 Å². The van der Waals surface area contributed by atoms with E-state index in [1.807, 2.05) is 52.0 Å². The number of amides is 1. The maximum Gasteiger partial charge on any atom is 0.229 e. The number of fused-ring (bicyclic) bond motifs is 1. The highest BCUT2D eigenvalue weighted by atomic mass is 19.1. The van der Waals surface area contributed by atoms with Crippen LogP contribution >= 0.6 is 0 Å². The number of benzene rings is 2. The van der Waals surface area contributed by atoms with Crippen molar-refractivity contribution in [3.8, 4) is 0 Å². The van der Waals surface area contributed by atoms with Crippen LogP contribution < -0.4 is 10.6 Å². The Bertz CT molecular complexity index is 808. The summed E-state index contributed by atoms with van der Waals surface area (Å²) in [7, 11) is 0. The summed E-state index contributed by atoms with van der Waals surface area (Å²) < 4.78 is 13.6. The molecule has 2 aromatic rings.